The van der Waals surface area contributed by atoms with Crippen molar-refractivity contribution < 1.29 is 14.6 Å². The molecule has 0 bridgehead atoms. The summed E-state index contributed by atoms with van der Waals surface area (Å²) in [7, 11) is 1.48. The topological polar surface area (TPSA) is 84.6 Å². The Morgan fingerprint density at radius 3 is 2.72 bits per heavy atom. The number of methoxy groups -OCH3 is 1. The molecule has 0 spiro atoms. The molecule has 4 N–H and O–H groups in total. The second kappa shape index (κ2) is 5.73. The first-order valence-corrected chi connectivity index (χ1v) is 5.82. The molecular formula is C13H20N2O3. The van der Waals surface area contributed by atoms with Gasteiger partial charge >= 0.3 is 0 Å². The van der Waals surface area contributed by atoms with Crippen molar-refractivity contribution in [1.82, 2.24) is 5.32 Å². The predicted octanol–water partition coefficient (Wildman–Crippen LogP) is 1.17. The van der Waals surface area contributed by atoms with Crippen molar-refractivity contribution in [3.8, 4) is 5.75 Å². The summed E-state index contributed by atoms with van der Waals surface area (Å²) in [6.45, 7) is 3.57. The van der Waals surface area contributed by atoms with Crippen molar-refractivity contribution in [2.45, 2.75) is 25.8 Å². The highest BCUT2D eigenvalue weighted by atomic mass is 16.5. The van der Waals surface area contributed by atoms with Gasteiger partial charge in [0.05, 0.1) is 24.8 Å². The summed E-state index contributed by atoms with van der Waals surface area (Å²) in [4.78, 5) is 12.1. The van der Waals surface area contributed by atoms with Crippen LogP contribution >= 0.6 is 0 Å². The first-order valence-electron chi connectivity index (χ1n) is 5.82. The Morgan fingerprint density at radius 1 is 1.56 bits per heavy atom. The van der Waals surface area contributed by atoms with Gasteiger partial charge < -0.3 is 20.9 Å². The lowest BCUT2D eigenvalue weighted by atomic mass is 9.99. The molecule has 5 nitrogen and oxygen atoms in total. The highest BCUT2D eigenvalue weighted by molar-refractivity contribution is 5.97. The molecule has 5 heteroatoms. The Balaban J connectivity index is 2.97. The second-order valence-corrected chi connectivity index (χ2v) is 4.49. The smallest absolute Gasteiger partial charge is 0.255 e. The molecule has 0 aliphatic heterocycles. The Bertz CT molecular complexity index is 428. The molecule has 0 saturated heterocycles. The van der Waals surface area contributed by atoms with E-state index in [4.69, 9.17) is 10.5 Å². The summed E-state index contributed by atoms with van der Waals surface area (Å²) < 4.78 is 5.13. The zero-order chi connectivity index (χ0) is 13.8. The fourth-order valence-electron chi connectivity index (χ4n) is 1.48. The maximum atomic E-state index is 12.1. The van der Waals surface area contributed by atoms with Gasteiger partial charge in [0.2, 0.25) is 0 Å². The van der Waals surface area contributed by atoms with Crippen LogP contribution in [0.25, 0.3) is 0 Å². The summed E-state index contributed by atoms with van der Waals surface area (Å²) >= 11 is 0. The van der Waals surface area contributed by atoms with Crippen LogP contribution in [-0.2, 0) is 0 Å². The van der Waals surface area contributed by atoms with Crippen LogP contribution in [0, 0.1) is 0 Å². The SMILES string of the molecule is CCC(C)(CO)NC(=O)c1ccc(N)cc1OC. The third kappa shape index (κ3) is 3.13. The minimum atomic E-state index is -0.635. The predicted molar refractivity (Wildman–Crippen MR) is 70.7 cm³/mol. The van der Waals surface area contributed by atoms with Gasteiger partial charge in [0.1, 0.15) is 5.75 Å². The summed E-state index contributed by atoms with van der Waals surface area (Å²) in [5.41, 5.74) is 5.93. The number of hydrogen-bond acceptors (Lipinski definition) is 4. The molecule has 1 amide bonds. The monoisotopic (exact) mass is 252 g/mol. The molecule has 1 rings (SSSR count). The molecule has 1 aromatic rings. The van der Waals surface area contributed by atoms with E-state index in [1.54, 1.807) is 25.1 Å². The van der Waals surface area contributed by atoms with Gasteiger partial charge in [-0.1, -0.05) is 6.92 Å². The first kappa shape index (κ1) is 14.3. The van der Waals surface area contributed by atoms with Crippen LogP contribution in [0.4, 0.5) is 5.69 Å². The molecule has 0 aliphatic carbocycles. The maximum Gasteiger partial charge on any atom is 0.255 e. The highest BCUT2D eigenvalue weighted by Crippen LogP contribution is 2.22. The molecule has 1 unspecified atom stereocenters. The third-order valence-corrected chi connectivity index (χ3v) is 3.01. The van der Waals surface area contributed by atoms with Crippen molar-refractivity contribution in [2.75, 3.05) is 19.5 Å². The third-order valence-electron chi connectivity index (χ3n) is 3.01. The van der Waals surface area contributed by atoms with Crippen molar-refractivity contribution in [3.05, 3.63) is 23.8 Å². The van der Waals surface area contributed by atoms with Gasteiger partial charge in [-0.15, -0.1) is 0 Å². The Kier molecular flexibility index (Phi) is 4.55. The summed E-state index contributed by atoms with van der Waals surface area (Å²) in [6.07, 6.45) is 0.631. The fraction of sp³-hybridized carbons (Fsp3) is 0.462. The van der Waals surface area contributed by atoms with Gasteiger partial charge in [-0.2, -0.15) is 0 Å². The minimum absolute atomic E-state index is 0.119. The molecule has 0 saturated carbocycles. The molecule has 100 valence electrons. The molecule has 1 aromatic carbocycles. The Labute approximate surface area is 107 Å². The number of carbonyl (C=O) groups excluding carboxylic acids is 1. The number of carbonyl (C=O) groups is 1. The van der Waals surface area contributed by atoms with Crippen LogP contribution in [0.1, 0.15) is 30.6 Å². The molecule has 0 aliphatic rings. The van der Waals surface area contributed by atoms with E-state index in [1.165, 1.54) is 7.11 Å². The number of aliphatic hydroxyl groups is 1. The molecule has 18 heavy (non-hydrogen) atoms. The maximum absolute atomic E-state index is 12.1. The first-order chi connectivity index (χ1) is 8.45. The lowest BCUT2D eigenvalue weighted by Gasteiger charge is -2.27. The van der Waals surface area contributed by atoms with E-state index in [0.29, 0.717) is 23.4 Å². The van der Waals surface area contributed by atoms with E-state index in [2.05, 4.69) is 5.32 Å². The van der Waals surface area contributed by atoms with Crippen molar-refractivity contribution in [2.24, 2.45) is 0 Å². The van der Waals surface area contributed by atoms with Gasteiger partial charge in [-0.3, -0.25) is 4.79 Å². The number of anilines is 1. The number of hydrogen-bond donors (Lipinski definition) is 3. The second-order valence-electron chi connectivity index (χ2n) is 4.49. The number of nitrogens with two attached hydrogens (primary N) is 1. The number of benzene rings is 1. The largest absolute Gasteiger partial charge is 0.496 e. The van der Waals surface area contributed by atoms with Crippen molar-refractivity contribution in [1.29, 1.82) is 0 Å². The number of amides is 1. The Morgan fingerprint density at radius 2 is 2.22 bits per heavy atom. The van der Waals surface area contributed by atoms with Crippen molar-refractivity contribution in [3.63, 3.8) is 0 Å². The normalized spacial score (nSPS) is 13.8. The number of nitrogens with one attached hydrogen (secondary N) is 1. The van der Waals surface area contributed by atoms with E-state index in [-0.39, 0.29) is 12.5 Å². The fourth-order valence-corrected chi connectivity index (χ4v) is 1.48. The van der Waals surface area contributed by atoms with Gasteiger partial charge in [0.25, 0.3) is 5.91 Å². The van der Waals surface area contributed by atoms with E-state index < -0.39 is 5.54 Å². The van der Waals surface area contributed by atoms with Gasteiger partial charge in [0.15, 0.2) is 0 Å². The average Bonchev–Trinajstić information content (AvgIpc) is 2.38. The van der Waals surface area contributed by atoms with Gasteiger partial charge in [-0.05, 0) is 25.5 Å². The number of rotatable bonds is 5. The van der Waals surface area contributed by atoms with E-state index in [1.807, 2.05) is 6.92 Å². The lowest BCUT2D eigenvalue weighted by Crippen LogP contribution is -2.48. The highest BCUT2D eigenvalue weighted by Gasteiger charge is 2.25. The number of nitrogen functional groups attached to an aromatic ring is 1. The molecular weight excluding hydrogens is 232 g/mol. The van der Waals surface area contributed by atoms with Crippen LogP contribution in [0.3, 0.4) is 0 Å². The van der Waals surface area contributed by atoms with Crippen LogP contribution < -0.4 is 15.8 Å². The molecule has 0 heterocycles. The summed E-state index contributed by atoms with van der Waals surface area (Å²) in [6, 6.07) is 4.84. The number of aliphatic hydroxyl groups excluding tert-OH is 1. The molecule has 1 atom stereocenters. The standard InChI is InChI=1S/C13H20N2O3/c1-4-13(2,8-16)15-12(17)10-6-5-9(14)7-11(10)18-3/h5-7,16H,4,8,14H2,1-3H3,(H,15,17). The molecule has 0 fully saturated rings. The Hall–Kier alpha value is -1.75. The zero-order valence-corrected chi connectivity index (χ0v) is 11.0. The lowest BCUT2D eigenvalue weighted by molar-refractivity contribution is 0.0844. The minimum Gasteiger partial charge on any atom is -0.496 e. The average molecular weight is 252 g/mol. The molecule has 0 radical (unpaired) electrons. The quantitative estimate of drug-likeness (QED) is 0.687. The van der Waals surface area contributed by atoms with Crippen LogP contribution in [-0.4, -0.2) is 30.3 Å². The van der Waals surface area contributed by atoms with Gasteiger partial charge in [-0.25, -0.2) is 0 Å². The van der Waals surface area contributed by atoms with E-state index in [9.17, 15) is 9.90 Å². The number of ether oxygens (including phenoxy) is 1. The summed E-state index contributed by atoms with van der Waals surface area (Å²) in [5, 5.41) is 12.1. The zero-order valence-electron chi connectivity index (χ0n) is 11.0. The molecule has 0 aromatic heterocycles. The van der Waals surface area contributed by atoms with Crippen LogP contribution in [0.2, 0.25) is 0 Å². The van der Waals surface area contributed by atoms with E-state index in [0.717, 1.165) is 0 Å². The van der Waals surface area contributed by atoms with Crippen molar-refractivity contribution >= 4 is 11.6 Å². The van der Waals surface area contributed by atoms with Crippen LogP contribution in [0.15, 0.2) is 18.2 Å². The van der Waals surface area contributed by atoms with Gasteiger partial charge in [0, 0.05) is 11.8 Å². The van der Waals surface area contributed by atoms with Crippen LogP contribution in [0.5, 0.6) is 5.75 Å². The van der Waals surface area contributed by atoms with E-state index >= 15 is 0 Å². The summed E-state index contributed by atoms with van der Waals surface area (Å²) in [5.74, 6) is 0.133.